The summed E-state index contributed by atoms with van der Waals surface area (Å²) in [5.74, 6) is 0. The van der Waals surface area contributed by atoms with Crippen LogP contribution in [-0.4, -0.2) is 12.6 Å². The van der Waals surface area contributed by atoms with Gasteiger partial charge in [0.25, 0.3) is 0 Å². The highest BCUT2D eigenvalue weighted by atomic mass is 15.0. The van der Waals surface area contributed by atoms with E-state index in [1.54, 1.807) is 5.56 Å². The van der Waals surface area contributed by atoms with Gasteiger partial charge in [-0.15, -0.1) is 0 Å². The Hall–Kier alpha value is -0.820. The van der Waals surface area contributed by atoms with Crippen molar-refractivity contribution in [2.45, 2.75) is 70.8 Å². The summed E-state index contributed by atoms with van der Waals surface area (Å²) in [5.41, 5.74) is 4.09. The largest absolute Gasteiger partial charge is 0.313 e. The van der Waals surface area contributed by atoms with E-state index in [1.807, 2.05) is 0 Å². The maximum Gasteiger partial charge on any atom is 0.00910 e. The maximum atomic E-state index is 3.81. The summed E-state index contributed by atoms with van der Waals surface area (Å²) in [6.07, 6.45) is 8.18. The third kappa shape index (κ3) is 2.41. The molecule has 0 radical (unpaired) electrons. The summed E-state index contributed by atoms with van der Waals surface area (Å²) < 4.78 is 0. The number of aryl methyl sites for hydroxylation is 1. The minimum absolute atomic E-state index is 0.403. The van der Waals surface area contributed by atoms with Crippen molar-refractivity contribution in [2.24, 2.45) is 5.41 Å². The van der Waals surface area contributed by atoms with E-state index in [0.717, 1.165) is 6.04 Å². The summed E-state index contributed by atoms with van der Waals surface area (Å²) in [6, 6.07) is 9.87. The van der Waals surface area contributed by atoms with Crippen molar-refractivity contribution in [1.29, 1.82) is 0 Å². The fourth-order valence-corrected chi connectivity index (χ4v) is 4.34. The zero-order valence-corrected chi connectivity index (χ0v) is 13.3. The molecule has 2 fully saturated rings. The van der Waals surface area contributed by atoms with Gasteiger partial charge in [0.2, 0.25) is 0 Å². The fraction of sp³-hybridized carbons (Fsp3) is 0.684. The monoisotopic (exact) mass is 271 g/mol. The first kappa shape index (κ1) is 14.1. The van der Waals surface area contributed by atoms with Crippen molar-refractivity contribution in [3.63, 3.8) is 0 Å². The predicted octanol–water partition coefficient (Wildman–Crippen LogP) is 4.59. The van der Waals surface area contributed by atoms with E-state index >= 15 is 0 Å². The van der Waals surface area contributed by atoms with Gasteiger partial charge < -0.3 is 5.32 Å². The molecule has 0 saturated heterocycles. The Bertz CT molecular complexity index is 460. The Labute approximate surface area is 124 Å². The zero-order chi connectivity index (χ0) is 14.2. The molecule has 2 aliphatic rings. The van der Waals surface area contributed by atoms with Crippen LogP contribution < -0.4 is 5.32 Å². The van der Waals surface area contributed by atoms with Gasteiger partial charge in [-0.3, -0.25) is 0 Å². The highest BCUT2D eigenvalue weighted by Gasteiger charge is 2.53. The second kappa shape index (κ2) is 5.18. The van der Waals surface area contributed by atoms with Gasteiger partial charge in [0.1, 0.15) is 0 Å². The van der Waals surface area contributed by atoms with Crippen molar-refractivity contribution in [1.82, 2.24) is 5.32 Å². The summed E-state index contributed by atoms with van der Waals surface area (Å²) in [5, 5.41) is 3.81. The van der Waals surface area contributed by atoms with Crippen molar-refractivity contribution in [3.8, 4) is 0 Å². The molecule has 0 spiro atoms. The van der Waals surface area contributed by atoms with Crippen LogP contribution in [0.2, 0.25) is 0 Å². The standard InChI is InChI=1S/C19H29N/c1-4-18(5-2)12-19(13-18,14-20-16-10-11-16)17-9-7-6-8-15(17)3/h6-9,16,20H,4-5,10-14H2,1-3H3. The van der Waals surface area contributed by atoms with E-state index in [4.69, 9.17) is 0 Å². The Morgan fingerprint density at radius 3 is 2.30 bits per heavy atom. The van der Waals surface area contributed by atoms with Crippen LogP contribution in [0.1, 0.15) is 63.5 Å². The minimum atomic E-state index is 0.403. The van der Waals surface area contributed by atoms with Crippen molar-refractivity contribution < 1.29 is 0 Å². The minimum Gasteiger partial charge on any atom is -0.313 e. The van der Waals surface area contributed by atoms with Gasteiger partial charge in [-0.05, 0) is 49.1 Å². The van der Waals surface area contributed by atoms with Crippen LogP contribution in [0.15, 0.2) is 24.3 Å². The normalized spacial score (nSPS) is 23.4. The van der Waals surface area contributed by atoms with Gasteiger partial charge in [0, 0.05) is 18.0 Å². The molecule has 0 unspecified atom stereocenters. The molecule has 0 aliphatic heterocycles. The van der Waals surface area contributed by atoms with E-state index in [9.17, 15) is 0 Å². The molecular weight excluding hydrogens is 242 g/mol. The Balaban J connectivity index is 1.83. The van der Waals surface area contributed by atoms with Gasteiger partial charge in [0.15, 0.2) is 0 Å². The van der Waals surface area contributed by atoms with E-state index in [-0.39, 0.29) is 0 Å². The van der Waals surface area contributed by atoms with Crippen LogP contribution in [-0.2, 0) is 5.41 Å². The molecule has 1 aromatic carbocycles. The smallest absolute Gasteiger partial charge is 0.00910 e. The summed E-state index contributed by atoms with van der Waals surface area (Å²) >= 11 is 0. The quantitative estimate of drug-likeness (QED) is 0.798. The first-order chi connectivity index (χ1) is 9.63. The lowest BCUT2D eigenvalue weighted by molar-refractivity contribution is 0.0123. The number of benzene rings is 1. The molecule has 110 valence electrons. The zero-order valence-electron chi connectivity index (χ0n) is 13.3. The van der Waals surface area contributed by atoms with E-state index in [0.29, 0.717) is 10.8 Å². The van der Waals surface area contributed by atoms with Gasteiger partial charge in [-0.25, -0.2) is 0 Å². The Kier molecular flexibility index (Phi) is 3.66. The molecule has 20 heavy (non-hydrogen) atoms. The lowest BCUT2D eigenvalue weighted by atomic mass is 9.48. The highest BCUT2D eigenvalue weighted by molar-refractivity contribution is 5.37. The van der Waals surface area contributed by atoms with Crippen LogP contribution in [0.3, 0.4) is 0 Å². The summed E-state index contributed by atoms with van der Waals surface area (Å²) in [7, 11) is 0. The number of nitrogens with one attached hydrogen (secondary N) is 1. The van der Waals surface area contributed by atoms with Crippen molar-refractivity contribution in [2.75, 3.05) is 6.54 Å². The molecule has 1 heteroatoms. The molecule has 0 amide bonds. The lowest BCUT2D eigenvalue weighted by Crippen LogP contribution is -2.55. The predicted molar refractivity (Wildman–Crippen MR) is 86.1 cm³/mol. The van der Waals surface area contributed by atoms with Crippen molar-refractivity contribution >= 4 is 0 Å². The topological polar surface area (TPSA) is 12.0 Å². The number of hydrogen-bond acceptors (Lipinski definition) is 1. The molecule has 3 rings (SSSR count). The molecule has 0 aromatic heterocycles. The molecule has 1 N–H and O–H groups in total. The molecule has 0 bridgehead atoms. The van der Waals surface area contributed by atoms with Crippen molar-refractivity contribution in [3.05, 3.63) is 35.4 Å². The van der Waals surface area contributed by atoms with E-state index < -0.39 is 0 Å². The average Bonchev–Trinajstić information content (AvgIpc) is 3.24. The van der Waals surface area contributed by atoms with E-state index in [2.05, 4.69) is 50.4 Å². The van der Waals surface area contributed by atoms with Gasteiger partial charge in [0.05, 0.1) is 0 Å². The number of hydrogen-bond donors (Lipinski definition) is 1. The van der Waals surface area contributed by atoms with Gasteiger partial charge >= 0.3 is 0 Å². The van der Waals surface area contributed by atoms with Crippen LogP contribution in [0.25, 0.3) is 0 Å². The molecule has 2 saturated carbocycles. The first-order valence-electron chi connectivity index (χ1n) is 8.43. The lowest BCUT2D eigenvalue weighted by Gasteiger charge is -2.57. The third-order valence-corrected chi connectivity index (χ3v) is 5.95. The molecule has 1 aromatic rings. The van der Waals surface area contributed by atoms with Crippen LogP contribution in [0.5, 0.6) is 0 Å². The second-order valence-corrected chi connectivity index (χ2v) is 7.31. The first-order valence-corrected chi connectivity index (χ1v) is 8.43. The number of rotatable bonds is 6. The molecule has 0 atom stereocenters. The highest BCUT2D eigenvalue weighted by Crippen LogP contribution is 2.59. The maximum absolute atomic E-state index is 3.81. The summed E-state index contributed by atoms with van der Waals surface area (Å²) in [6.45, 7) is 8.22. The second-order valence-electron chi connectivity index (χ2n) is 7.31. The third-order valence-electron chi connectivity index (χ3n) is 5.95. The van der Waals surface area contributed by atoms with Crippen LogP contribution in [0.4, 0.5) is 0 Å². The molecule has 0 heterocycles. The van der Waals surface area contributed by atoms with Crippen LogP contribution in [0, 0.1) is 12.3 Å². The molecular formula is C19H29N. The molecule has 1 nitrogen and oxygen atoms in total. The van der Waals surface area contributed by atoms with E-state index in [1.165, 1.54) is 50.6 Å². The Morgan fingerprint density at radius 2 is 1.75 bits per heavy atom. The van der Waals surface area contributed by atoms with Crippen LogP contribution >= 0.6 is 0 Å². The fourth-order valence-electron chi connectivity index (χ4n) is 4.34. The Morgan fingerprint density at radius 1 is 1.10 bits per heavy atom. The molecule has 2 aliphatic carbocycles. The SMILES string of the molecule is CCC1(CC)CC(CNC2CC2)(c2ccccc2C)C1. The van der Waals surface area contributed by atoms with Gasteiger partial charge in [-0.2, -0.15) is 0 Å². The summed E-state index contributed by atoms with van der Waals surface area (Å²) in [4.78, 5) is 0. The average molecular weight is 271 g/mol. The van der Waals surface area contributed by atoms with Gasteiger partial charge in [-0.1, -0.05) is 51.0 Å².